The summed E-state index contributed by atoms with van der Waals surface area (Å²) < 4.78 is 14.0. The van der Waals surface area contributed by atoms with E-state index in [1.807, 2.05) is 0 Å². The quantitative estimate of drug-likeness (QED) is 0.674. The molecule has 0 bridgehead atoms. The fourth-order valence-electron chi connectivity index (χ4n) is 1.66. The fourth-order valence-corrected chi connectivity index (χ4v) is 2.01. The lowest BCUT2D eigenvalue weighted by Gasteiger charge is -2.08. The maximum Gasteiger partial charge on any atom is 0.224 e. The van der Waals surface area contributed by atoms with Gasteiger partial charge in [0, 0.05) is 4.47 Å². The lowest BCUT2D eigenvalue weighted by molar-refractivity contribution is 0.628. The van der Waals surface area contributed by atoms with Gasteiger partial charge in [0.15, 0.2) is 11.5 Å². The number of rotatable bonds is 2. The molecule has 0 saturated carbocycles. The van der Waals surface area contributed by atoms with Gasteiger partial charge in [0.25, 0.3) is 0 Å². The standard InChI is InChI=1S/C11H8BrFN6/c12-6-2-1-5(13)3-7(6)17-10-8-9(16-4-15-8)18-11(14)19-10/h1-4H,(H4,14,15,16,17,18,19). The molecule has 96 valence electrons. The van der Waals surface area contributed by atoms with Crippen molar-refractivity contribution in [3.63, 3.8) is 0 Å². The monoisotopic (exact) mass is 322 g/mol. The summed E-state index contributed by atoms with van der Waals surface area (Å²) in [5.41, 5.74) is 7.19. The summed E-state index contributed by atoms with van der Waals surface area (Å²) >= 11 is 3.33. The number of halogens is 2. The van der Waals surface area contributed by atoms with E-state index in [4.69, 9.17) is 5.73 Å². The Bertz CT molecular complexity index is 756. The molecular weight excluding hydrogens is 315 g/mol. The van der Waals surface area contributed by atoms with Crippen LogP contribution in [0.15, 0.2) is 29.0 Å². The van der Waals surface area contributed by atoms with Gasteiger partial charge in [-0.3, -0.25) is 0 Å². The van der Waals surface area contributed by atoms with Crippen molar-refractivity contribution in [2.45, 2.75) is 0 Å². The zero-order chi connectivity index (χ0) is 13.4. The van der Waals surface area contributed by atoms with Crippen LogP contribution in [0, 0.1) is 5.82 Å². The molecule has 8 heteroatoms. The van der Waals surface area contributed by atoms with E-state index in [0.717, 1.165) is 0 Å². The fraction of sp³-hybridized carbons (Fsp3) is 0. The first-order valence-electron chi connectivity index (χ1n) is 5.32. The van der Waals surface area contributed by atoms with Crippen molar-refractivity contribution in [2.24, 2.45) is 0 Å². The lowest BCUT2D eigenvalue weighted by atomic mass is 10.3. The Morgan fingerprint density at radius 1 is 1.32 bits per heavy atom. The topological polar surface area (TPSA) is 92.5 Å². The maximum absolute atomic E-state index is 13.2. The van der Waals surface area contributed by atoms with Gasteiger partial charge >= 0.3 is 0 Å². The van der Waals surface area contributed by atoms with Gasteiger partial charge in [-0.05, 0) is 34.1 Å². The van der Waals surface area contributed by atoms with Crippen molar-refractivity contribution in [2.75, 3.05) is 11.1 Å². The smallest absolute Gasteiger partial charge is 0.224 e. The Hall–Kier alpha value is -2.22. The van der Waals surface area contributed by atoms with E-state index >= 15 is 0 Å². The van der Waals surface area contributed by atoms with Crippen LogP contribution < -0.4 is 11.1 Å². The molecule has 4 N–H and O–H groups in total. The van der Waals surface area contributed by atoms with Crippen LogP contribution in [-0.4, -0.2) is 19.9 Å². The largest absolute Gasteiger partial charge is 0.368 e. The number of anilines is 3. The van der Waals surface area contributed by atoms with Gasteiger partial charge in [-0.15, -0.1) is 0 Å². The lowest BCUT2D eigenvalue weighted by Crippen LogP contribution is -2.01. The van der Waals surface area contributed by atoms with E-state index in [9.17, 15) is 4.39 Å². The first-order chi connectivity index (χ1) is 9.13. The number of imidazole rings is 1. The van der Waals surface area contributed by atoms with Crippen LogP contribution in [0.4, 0.5) is 21.8 Å². The number of aromatic nitrogens is 4. The third-order valence-electron chi connectivity index (χ3n) is 2.48. The van der Waals surface area contributed by atoms with Gasteiger partial charge in [-0.25, -0.2) is 9.37 Å². The SMILES string of the molecule is Nc1nc(Nc2cc(F)ccc2Br)c2[nH]cnc2n1. The van der Waals surface area contributed by atoms with E-state index in [1.54, 1.807) is 6.07 Å². The predicted octanol–water partition coefficient (Wildman–Crippen LogP) is 2.58. The average molecular weight is 323 g/mol. The highest BCUT2D eigenvalue weighted by Gasteiger charge is 2.10. The first-order valence-corrected chi connectivity index (χ1v) is 6.11. The van der Waals surface area contributed by atoms with Crippen molar-refractivity contribution in [1.82, 2.24) is 19.9 Å². The van der Waals surface area contributed by atoms with Crippen LogP contribution in [0.5, 0.6) is 0 Å². The molecule has 3 aromatic rings. The van der Waals surface area contributed by atoms with Crippen molar-refractivity contribution >= 4 is 44.5 Å². The molecule has 3 rings (SSSR count). The Kier molecular flexibility index (Phi) is 2.79. The molecule has 0 radical (unpaired) electrons. The number of H-pyrrole nitrogens is 1. The maximum atomic E-state index is 13.2. The molecule has 0 fully saturated rings. The normalized spacial score (nSPS) is 10.8. The third-order valence-corrected chi connectivity index (χ3v) is 3.18. The van der Waals surface area contributed by atoms with Gasteiger partial charge < -0.3 is 16.0 Å². The summed E-state index contributed by atoms with van der Waals surface area (Å²) in [7, 11) is 0. The van der Waals surface area contributed by atoms with E-state index in [0.29, 0.717) is 27.1 Å². The average Bonchev–Trinajstić information content (AvgIpc) is 2.82. The number of nitrogens with zero attached hydrogens (tertiary/aromatic N) is 3. The van der Waals surface area contributed by atoms with E-state index in [2.05, 4.69) is 41.2 Å². The summed E-state index contributed by atoms with van der Waals surface area (Å²) in [6, 6.07) is 4.31. The summed E-state index contributed by atoms with van der Waals surface area (Å²) in [6.45, 7) is 0. The van der Waals surface area contributed by atoms with Gasteiger partial charge in [0.2, 0.25) is 5.95 Å². The predicted molar refractivity (Wildman–Crippen MR) is 73.5 cm³/mol. The van der Waals surface area contributed by atoms with Gasteiger partial charge in [-0.1, -0.05) is 0 Å². The van der Waals surface area contributed by atoms with Gasteiger partial charge in [0.05, 0.1) is 12.0 Å². The van der Waals surface area contributed by atoms with Crippen LogP contribution in [0.3, 0.4) is 0 Å². The van der Waals surface area contributed by atoms with Crippen LogP contribution in [0.25, 0.3) is 11.2 Å². The highest BCUT2D eigenvalue weighted by Crippen LogP contribution is 2.28. The molecule has 2 aromatic heterocycles. The summed E-state index contributed by atoms with van der Waals surface area (Å²) in [4.78, 5) is 15.0. The zero-order valence-corrected chi connectivity index (χ0v) is 11.1. The van der Waals surface area contributed by atoms with Crippen LogP contribution in [0.1, 0.15) is 0 Å². The number of benzene rings is 1. The summed E-state index contributed by atoms with van der Waals surface area (Å²) in [6.07, 6.45) is 1.49. The zero-order valence-electron chi connectivity index (χ0n) is 9.48. The molecule has 19 heavy (non-hydrogen) atoms. The summed E-state index contributed by atoms with van der Waals surface area (Å²) in [5.74, 6) is 0.175. The number of nitrogen functional groups attached to an aromatic ring is 1. The van der Waals surface area contributed by atoms with E-state index in [1.165, 1.54) is 18.5 Å². The number of nitrogens with two attached hydrogens (primary N) is 1. The van der Waals surface area contributed by atoms with Gasteiger partial charge in [-0.2, -0.15) is 9.97 Å². The molecule has 0 aliphatic heterocycles. The molecule has 0 atom stereocenters. The van der Waals surface area contributed by atoms with Crippen LogP contribution >= 0.6 is 15.9 Å². The van der Waals surface area contributed by atoms with Crippen LogP contribution in [-0.2, 0) is 0 Å². The molecule has 0 amide bonds. The Morgan fingerprint density at radius 2 is 2.16 bits per heavy atom. The van der Waals surface area contributed by atoms with Crippen molar-refractivity contribution in [3.8, 4) is 0 Å². The van der Waals surface area contributed by atoms with E-state index < -0.39 is 0 Å². The number of fused-ring (bicyclic) bond motifs is 1. The molecule has 6 nitrogen and oxygen atoms in total. The van der Waals surface area contributed by atoms with E-state index in [-0.39, 0.29) is 11.8 Å². The molecule has 0 saturated heterocycles. The Morgan fingerprint density at radius 3 is 3.00 bits per heavy atom. The molecule has 0 aliphatic carbocycles. The minimum absolute atomic E-state index is 0.0922. The highest BCUT2D eigenvalue weighted by atomic mass is 79.9. The molecule has 0 unspecified atom stereocenters. The first kappa shape index (κ1) is 11.8. The second-order valence-electron chi connectivity index (χ2n) is 3.78. The minimum atomic E-state index is -0.353. The number of hydrogen-bond acceptors (Lipinski definition) is 5. The Labute approximate surface area is 115 Å². The van der Waals surface area contributed by atoms with Crippen molar-refractivity contribution in [3.05, 3.63) is 34.8 Å². The van der Waals surface area contributed by atoms with Gasteiger partial charge in [0.1, 0.15) is 11.3 Å². The molecule has 0 aliphatic rings. The Balaban J connectivity index is 2.10. The second kappa shape index (κ2) is 4.47. The number of aromatic amines is 1. The number of hydrogen-bond donors (Lipinski definition) is 3. The molecule has 1 aromatic carbocycles. The van der Waals surface area contributed by atoms with Crippen LogP contribution in [0.2, 0.25) is 0 Å². The molecule has 0 spiro atoms. The highest BCUT2D eigenvalue weighted by molar-refractivity contribution is 9.10. The second-order valence-corrected chi connectivity index (χ2v) is 4.64. The molecule has 2 heterocycles. The minimum Gasteiger partial charge on any atom is -0.368 e. The van der Waals surface area contributed by atoms with Crippen molar-refractivity contribution < 1.29 is 4.39 Å². The number of nitrogens with one attached hydrogen (secondary N) is 2. The van der Waals surface area contributed by atoms with Crippen molar-refractivity contribution in [1.29, 1.82) is 0 Å². The molecular formula is C11H8BrFN6. The summed E-state index contributed by atoms with van der Waals surface area (Å²) in [5, 5.41) is 2.99. The third kappa shape index (κ3) is 2.22.